The van der Waals surface area contributed by atoms with E-state index in [0.717, 1.165) is 0 Å². The fraction of sp³-hybridized carbons (Fsp3) is 0.933. The van der Waals surface area contributed by atoms with Crippen LogP contribution in [0, 0.1) is 0 Å². The van der Waals surface area contributed by atoms with Crippen LogP contribution in [0.25, 0.3) is 0 Å². The highest BCUT2D eigenvalue weighted by molar-refractivity contribution is 7.97. The monoisotopic (exact) mass is 623 g/mol. The van der Waals surface area contributed by atoms with Crippen molar-refractivity contribution in [3.8, 4) is 0 Å². The molecule has 0 aromatic heterocycles. The summed E-state index contributed by atoms with van der Waals surface area (Å²) in [5.74, 6) is -46.2. The number of aliphatic hydroxyl groups is 1. The van der Waals surface area contributed by atoms with Crippen LogP contribution < -0.4 is 5.26 Å². The van der Waals surface area contributed by atoms with Gasteiger partial charge in [-0.3, -0.25) is 5.04 Å². The third-order valence-electron chi connectivity index (χ3n) is 5.18. The quantitative estimate of drug-likeness (QED) is 0.124. The molecule has 0 bridgehead atoms. The maximum atomic E-state index is 14.7. The molecule has 23 heteroatoms. The van der Waals surface area contributed by atoms with Crippen molar-refractivity contribution in [3.05, 3.63) is 0 Å². The van der Waals surface area contributed by atoms with Gasteiger partial charge < -0.3 is 15.1 Å². The van der Waals surface area contributed by atoms with Crippen LogP contribution in [0.2, 0.25) is 0 Å². The molecule has 226 valence electrons. The van der Waals surface area contributed by atoms with Crippen LogP contribution in [-0.2, 0) is 18.9 Å². The number of hydrogen-bond acceptors (Lipinski definition) is 7. The van der Waals surface area contributed by atoms with Crippen molar-refractivity contribution in [3.63, 3.8) is 0 Å². The second-order valence-electron chi connectivity index (χ2n) is 7.56. The van der Waals surface area contributed by atoms with Crippen LogP contribution in [0.15, 0.2) is 0 Å². The molecule has 3 unspecified atom stereocenters. The van der Waals surface area contributed by atoms with Crippen LogP contribution in [0.5, 0.6) is 0 Å². The minimum atomic E-state index is -8.72. The lowest BCUT2D eigenvalue weighted by atomic mass is 9.86. The van der Waals surface area contributed by atoms with Crippen LogP contribution in [0.3, 0.4) is 0 Å². The second-order valence-corrected chi connectivity index (χ2v) is 8.48. The first kappa shape index (κ1) is 34.6. The molecule has 1 saturated carbocycles. The zero-order chi connectivity index (χ0) is 30.4. The molecular formula is C15H11F16O6S-. The first-order chi connectivity index (χ1) is 16.7. The zero-order valence-corrected chi connectivity index (χ0v) is 18.2. The molecule has 1 rings (SSSR count). The number of ether oxygens (including phenoxy) is 1. The van der Waals surface area contributed by atoms with E-state index in [1.54, 1.807) is 0 Å². The lowest BCUT2D eigenvalue weighted by Crippen LogP contribution is -2.77. The average Bonchev–Trinajstić information content (AvgIpc) is 2.73. The van der Waals surface area contributed by atoms with E-state index in [4.69, 9.17) is 0 Å². The second kappa shape index (κ2) is 10.5. The van der Waals surface area contributed by atoms with Gasteiger partial charge in [-0.1, -0.05) is 6.42 Å². The molecule has 0 aliphatic heterocycles. The Hall–Kier alpha value is -1.46. The topological polar surface area (TPSA) is 88.1 Å². The fourth-order valence-electron chi connectivity index (χ4n) is 3.05. The molecule has 38 heavy (non-hydrogen) atoms. The molecular weight excluding hydrogens is 612 g/mol. The first-order valence-electron chi connectivity index (χ1n) is 9.28. The number of carbonyl (C=O) groups excluding carboxylic acids is 1. The molecule has 1 aliphatic rings. The van der Waals surface area contributed by atoms with Crippen LogP contribution in [0.1, 0.15) is 25.7 Å². The number of hydrogen-bond donors (Lipinski definition) is 1. The van der Waals surface area contributed by atoms with Gasteiger partial charge in [0.15, 0.2) is 0 Å². The van der Waals surface area contributed by atoms with Gasteiger partial charge in [-0.25, -0.2) is 4.79 Å². The van der Waals surface area contributed by atoms with Crippen LogP contribution in [-0.4, -0.2) is 70.0 Å². The number of rotatable bonds is 10. The SMILES string of the molecule is O=C(OC1CCCCC1O)C(SOO[O-])(C(F)(F)F)C(F)(F)C(F)(F)C(F)(F)C(F)(F)C(F)(F)C(F)(F)F. The van der Waals surface area contributed by atoms with Crippen molar-refractivity contribution in [1.82, 2.24) is 0 Å². The molecule has 6 nitrogen and oxygen atoms in total. The molecule has 3 atom stereocenters. The largest absolute Gasteiger partial charge is 0.691 e. The van der Waals surface area contributed by atoms with Gasteiger partial charge in [0.1, 0.15) is 6.10 Å². The summed E-state index contributed by atoms with van der Waals surface area (Å²) in [6, 6.07) is 0. The molecule has 1 fully saturated rings. The number of alkyl halides is 16. The van der Waals surface area contributed by atoms with Gasteiger partial charge >= 0.3 is 52.7 Å². The van der Waals surface area contributed by atoms with E-state index in [1.165, 1.54) is 0 Å². The van der Waals surface area contributed by atoms with Crippen molar-refractivity contribution >= 4 is 18.0 Å². The van der Waals surface area contributed by atoms with E-state index < -0.39 is 89.8 Å². The van der Waals surface area contributed by atoms with Crippen molar-refractivity contribution < 1.29 is 99.5 Å². The summed E-state index contributed by atoms with van der Waals surface area (Å²) in [7, 11) is 0. The van der Waals surface area contributed by atoms with E-state index in [-0.39, 0.29) is 12.8 Å². The summed E-state index contributed by atoms with van der Waals surface area (Å²) in [6.45, 7) is 0. The maximum Gasteiger partial charge on any atom is 0.460 e. The molecule has 1 aliphatic carbocycles. The number of halogens is 16. The summed E-state index contributed by atoms with van der Waals surface area (Å²) >= 11 is -2.59. The van der Waals surface area contributed by atoms with E-state index in [9.17, 15) is 85.4 Å². The minimum Gasteiger partial charge on any atom is -0.691 e. The lowest BCUT2D eigenvalue weighted by molar-refractivity contribution is -0.777. The Morgan fingerprint density at radius 1 is 0.684 bits per heavy atom. The van der Waals surface area contributed by atoms with E-state index >= 15 is 0 Å². The highest BCUT2D eigenvalue weighted by atomic mass is 32.2. The molecule has 0 aromatic rings. The predicted octanol–water partition coefficient (Wildman–Crippen LogP) is 4.74. The van der Waals surface area contributed by atoms with E-state index in [2.05, 4.69) is 14.1 Å². The Morgan fingerprint density at radius 2 is 1.11 bits per heavy atom. The summed E-state index contributed by atoms with van der Waals surface area (Å²) in [6.07, 6.45) is -20.7. The molecule has 0 aromatic carbocycles. The Balaban J connectivity index is 3.89. The van der Waals surface area contributed by atoms with Gasteiger partial charge in [0.05, 0.1) is 18.1 Å². The van der Waals surface area contributed by atoms with Gasteiger partial charge in [-0.05, 0) is 19.3 Å². The lowest BCUT2D eigenvalue weighted by Gasteiger charge is -2.45. The fourth-order valence-corrected chi connectivity index (χ4v) is 3.62. The van der Waals surface area contributed by atoms with E-state index in [0.29, 0.717) is 0 Å². The van der Waals surface area contributed by atoms with E-state index in [1.807, 2.05) is 0 Å². The minimum absolute atomic E-state index is 0.0739. The Morgan fingerprint density at radius 3 is 1.50 bits per heavy atom. The number of esters is 1. The zero-order valence-electron chi connectivity index (χ0n) is 17.4. The third kappa shape index (κ3) is 5.07. The summed E-state index contributed by atoms with van der Waals surface area (Å²) in [5, 5.41) is 21.7. The molecule has 0 radical (unpaired) electrons. The Labute approximate surface area is 203 Å². The highest BCUT2D eigenvalue weighted by Crippen LogP contribution is 2.65. The molecule has 0 heterocycles. The summed E-state index contributed by atoms with van der Waals surface area (Å²) < 4.78 is 216. The maximum absolute atomic E-state index is 14.7. The van der Waals surface area contributed by atoms with Gasteiger partial charge in [0, 0.05) is 0 Å². The number of carbonyl (C=O) groups is 1. The third-order valence-corrected chi connectivity index (χ3v) is 6.20. The highest BCUT2D eigenvalue weighted by Gasteiger charge is 2.96. The van der Waals surface area contributed by atoms with Gasteiger partial charge in [-0.2, -0.15) is 74.6 Å². The van der Waals surface area contributed by atoms with Crippen molar-refractivity contribution in [1.29, 1.82) is 0 Å². The Kier molecular flexibility index (Phi) is 9.55. The van der Waals surface area contributed by atoms with Gasteiger partial charge in [-0.15, -0.1) is 0 Å². The summed E-state index contributed by atoms with van der Waals surface area (Å²) in [5.41, 5.74) is 0. The number of aliphatic hydroxyl groups excluding tert-OH is 1. The summed E-state index contributed by atoms with van der Waals surface area (Å²) in [4.78, 5) is 12.2. The van der Waals surface area contributed by atoms with Crippen molar-refractivity contribution in [2.75, 3.05) is 0 Å². The average molecular weight is 623 g/mol. The molecule has 0 spiro atoms. The van der Waals surface area contributed by atoms with Gasteiger partial charge in [0.2, 0.25) is 0 Å². The van der Waals surface area contributed by atoms with Crippen LogP contribution in [0.4, 0.5) is 70.2 Å². The Bertz CT molecular complexity index is 846. The molecule has 0 amide bonds. The first-order valence-corrected chi connectivity index (χ1v) is 10.0. The van der Waals surface area contributed by atoms with Crippen molar-refractivity contribution in [2.45, 2.75) is 84.6 Å². The molecule has 1 N–H and O–H groups in total. The molecule has 0 saturated heterocycles. The normalized spacial score (nSPS) is 22.7. The smallest absolute Gasteiger partial charge is 0.460 e. The van der Waals surface area contributed by atoms with Crippen molar-refractivity contribution in [2.24, 2.45) is 0 Å². The standard InChI is InChI=1S/C15H12F16O6S/c16-9(17,10(18,19)11(20,21)12(22,23)13(24,25)15(29,30)31)8(14(26,27)28,38-37-36-34)7(33)35-6-4-2-1-3-5(6)32/h5-6,32,34H,1-4H2/p-1. The van der Waals surface area contributed by atoms with Crippen LogP contribution >= 0.6 is 12.0 Å². The predicted molar refractivity (Wildman–Crippen MR) is 83.7 cm³/mol. The van der Waals surface area contributed by atoms with Gasteiger partial charge in [0.25, 0.3) is 0 Å².